The second-order valence-corrected chi connectivity index (χ2v) is 4.71. The van der Waals surface area contributed by atoms with Gasteiger partial charge < -0.3 is 4.74 Å². The Morgan fingerprint density at radius 2 is 2.00 bits per heavy atom. The molecule has 1 saturated heterocycles. The number of hydrogen-bond donors (Lipinski definition) is 0. The zero-order valence-corrected chi connectivity index (χ0v) is 10.2. The standard InChI is InChI=1S/C12H12Cl2O2/c13-10-2-1-3-11(14)9(10)6-8-7-16-5-4-12(8)15/h1-3,8H,4-7H2/t8-/m1/s1. The van der Waals surface area contributed by atoms with Crippen LogP contribution in [0.2, 0.25) is 10.0 Å². The molecule has 1 fully saturated rings. The Bertz CT molecular complexity index is 384. The van der Waals surface area contributed by atoms with E-state index >= 15 is 0 Å². The highest BCUT2D eigenvalue weighted by Gasteiger charge is 2.24. The summed E-state index contributed by atoms with van der Waals surface area (Å²) in [5, 5.41) is 1.23. The van der Waals surface area contributed by atoms with Crippen LogP contribution in [0.1, 0.15) is 12.0 Å². The number of benzene rings is 1. The van der Waals surface area contributed by atoms with E-state index in [1.807, 2.05) is 0 Å². The number of rotatable bonds is 2. The Labute approximate surface area is 104 Å². The summed E-state index contributed by atoms with van der Waals surface area (Å²) in [5.74, 6) is 0.133. The maximum absolute atomic E-state index is 11.7. The van der Waals surface area contributed by atoms with Gasteiger partial charge in [0, 0.05) is 22.4 Å². The number of ketones is 1. The summed E-state index contributed by atoms with van der Waals surface area (Å²) >= 11 is 12.1. The summed E-state index contributed by atoms with van der Waals surface area (Å²) in [5.41, 5.74) is 0.842. The molecule has 1 aromatic carbocycles. The zero-order valence-electron chi connectivity index (χ0n) is 8.71. The van der Waals surface area contributed by atoms with Gasteiger partial charge in [-0.05, 0) is 24.1 Å². The highest BCUT2D eigenvalue weighted by molar-refractivity contribution is 6.36. The lowest BCUT2D eigenvalue weighted by molar-refractivity contribution is -0.130. The van der Waals surface area contributed by atoms with Gasteiger partial charge in [0.25, 0.3) is 0 Å². The SMILES string of the molecule is O=C1CCOC[C@H]1Cc1c(Cl)cccc1Cl. The van der Waals surface area contributed by atoms with E-state index in [2.05, 4.69) is 0 Å². The van der Waals surface area contributed by atoms with Crippen LogP contribution in [0.4, 0.5) is 0 Å². The van der Waals surface area contributed by atoms with Gasteiger partial charge in [-0.2, -0.15) is 0 Å². The van der Waals surface area contributed by atoms with Gasteiger partial charge in [0.15, 0.2) is 0 Å². The molecule has 16 heavy (non-hydrogen) atoms. The quantitative estimate of drug-likeness (QED) is 0.815. The predicted octanol–water partition coefficient (Wildman–Crippen LogP) is 3.14. The lowest BCUT2D eigenvalue weighted by Crippen LogP contribution is -2.29. The maximum atomic E-state index is 11.7. The van der Waals surface area contributed by atoms with Gasteiger partial charge in [-0.15, -0.1) is 0 Å². The number of ether oxygens (including phenoxy) is 1. The smallest absolute Gasteiger partial charge is 0.140 e. The summed E-state index contributed by atoms with van der Waals surface area (Å²) in [6, 6.07) is 5.38. The zero-order chi connectivity index (χ0) is 11.5. The largest absolute Gasteiger partial charge is 0.380 e. The molecule has 4 heteroatoms. The lowest BCUT2D eigenvalue weighted by Gasteiger charge is -2.21. The summed E-state index contributed by atoms with van der Waals surface area (Å²) in [6.07, 6.45) is 1.06. The molecule has 0 unspecified atom stereocenters. The van der Waals surface area contributed by atoms with E-state index in [4.69, 9.17) is 27.9 Å². The third-order valence-corrected chi connectivity index (χ3v) is 3.49. The summed E-state index contributed by atoms with van der Waals surface area (Å²) in [7, 11) is 0. The van der Waals surface area contributed by atoms with Crippen LogP contribution in [0.5, 0.6) is 0 Å². The monoisotopic (exact) mass is 258 g/mol. The molecule has 1 aliphatic heterocycles. The minimum absolute atomic E-state index is 0.105. The fourth-order valence-corrected chi connectivity index (χ4v) is 2.39. The molecule has 1 atom stereocenters. The molecule has 1 heterocycles. The molecule has 0 aliphatic carbocycles. The third-order valence-electron chi connectivity index (χ3n) is 2.78. The molecule has 0 amide bonds. The minimum Gasteiger partial charge on any atom is -0.380 e. The van der Waals surface area contributed by atoms with E-state index in [9.17, 15) is 4.79 Å². The maximum Gasteiger partial charge on any atom is 0.140 e. The van der Waals surface area contributed by atoms with Gasteiger partial charge >= 0.3 is 0 Å². The van der Waals surface area contributed by atoms with Crippen LogP contribution >= 0.6 is 23.2 Å². The molecule has 1 aliphatic rings. The highest BCUT2D eigenvalue weighted by Crippen LogP contribution is 2.28. The molecule has 0 saturated carbocycles. The van der Waals surface area contributed by atoms with Crippen molar-refractivity contribution in [3.05, 3.63) is 33.8 Å². The first-order valence-corrected chi connectivity index (χ1v) is 5.97. The van der Waals surface area contributed by atoms with E-state index in [0.717, 1.165) is 5.56 Å². The van der Waals surface area contributed by atoms with Crippen molar-refractivity contribution >= 4 is 29.0 Å². The molecular formula is C12H12Cl2O2. The number of carbonyl (C=O) groups is 1. The topological polar surface area (TPSA) is 26.3 Å². The number of hydrogen-bond acceptors (Lipinski definition) is 2. The first-order valence-electron chi connectivity index (χ1n) is 5.22. The van der Waals surface area contributed by atoms with Gasteiger partial charge in [0.05, 0.1) is 13.2 Å². The van der Waals surface area contributed by atoms with Gasteiger partial charge in [-0.1, -0.05) is 29.3 Å². The molecule has 2 nitrogen and oxygen atoms in total. The van der Waals surface area contributed by atoms with Gasteiger partial charge in [0.2, 0.25) is 0 Å². The Balaban J connectivity index is 2.16. The van der Waals surface area contributed by atoms with Crippen molar-refractivity contribution in [2.75, 3.05) is 13.2 Å². The third kappa shape index (κ3) is 2.57. The van der Waals surface area contributed by atoms with E-state index in [-0.39, 0.29) is 11.7 Å². The van der Waals surface area contributed by atoms with E-state index in [0.29, 0.717) is 36.1 Å². The first kappa shape index (κ1) is 11.9. The normalized spacial score (nSPS) is 21.1. The van der Waals surface area contributed by atoms with Crippen LogP contribution < -0.4 is 0 Å². The molecule has 0 aromatic heterocycles. The Morgan fingerprint density at radius 3 is 2.62 bits per heavy atom. The van der Waals surface area contributed by atoms with Crippen molar-refractivity contribution in [3.63, 3.8) is 0 Å². The second-order valence-electron chi connectivity index (χ2n) is 3.89. The summed E-state index contributed by atoms with van der Waals surface area (Å²) < 4.78 is 5.30. The molecule has 0 N–H and O–H groups in total. The van der Waals surface area contributed by atoms with E-state index in [1.54, 1.807) is 18.2 Å². The van der Waals surface area contributed by atoms with Crippen LogP contribution in [-0.2, 0) is 16.0 Å². The van der Waals surface area contributed by atoms with E-state index < -0.39 is 0 Å². The average Bonchev–Trinajstić information content (AvgIpc) is 2.26. The fourth-order valence-electron chi connectivity index (χ4n) is 1.84. The number of halogens is 2. The van der Waals surface area contributed by atoms with Gasteiger partial charge in [-0.25, -0.2) is 0 Å². The van der Waals surface area contributed by atoms with Crippen molar-refractivity contribution in [3.8, 4) is 0 Å². The summed E-state index contributed by atoms with van der Waals surface area (Å²) in [4.78, 5) is 11.7. The van der Waals surface area contributed by atoms with Crippen molar-refractivity contribution in [1.29, 1.82) is 0 Å². The first-order chi connectivity index (χ1) is 7.68. The Morgan fingerprint density at radius 1 is 1.31 bits per heavy atom. The molecule has 0 bridgehead atoms. The molecule has 0 radical (unpaired) electrons. The highest BCUT2D eigenvalue weighted by atomic mass is 35.5. The van der Waals surface area contributed by atoms with Crippen molar-refractivity contribution in [1.82, 2.24) is 0 Å². The average molecular weight is 259 g/mol. The van der Waals surface area contributed by atoms with Gasteiger partial charge in [0.1, 0.15) is 5.78 Å². The lowest BCUT2D eigenvalue weighted by atomic mass is 9.93. The molecule has 2 rings (SSSR count). The summed E-state index contributed by atoms with van der Waals surface area (Å²) in [6.45, 7) is 1.01. The van der Waals surface area contributed by atoms with Gasteiger partial charge in [-0.3, -0.25) is 4.79 Å². The van der Waals surface area contributed by atoms with E-state index in [1.165, 1.54) is 0 Å². The van der Waals surface area contributed by atoms with Crippen LogP contribution in [0.3, 0.4) is 0 Å². The second kappa shape index (κ2) is 5.17. The van der Waals surface area contributed by atoms with Crippen LogP contribution in [-0.4, -0.2) is 19.0 Å². The number of carbonyl (C=O) groups excluding carboxylic acids is 1. The minimum atomic E-state index is -0.105. The molecule has 86 valence electrons. The van der Waals surface area contributed by atoms with Crippen molar-refractivity contribution in [2.24, 2.45) is 5.92 Å². The molecule has 1 aromatic rings. The Hall–Kier alpha value is -0.570. The predicted molar refractivity (Wildman–Crippen MR) is 64.1 cm³/mol. The van der Waals surface area contributed by atoms with Crippen molar-refractivity contribution < 1.29 is 9.53 Å². The van der Waals surface area contributed by atoms with Crippen LogP contribution in [0, 0.1) is 5.92 Å². The van der Waals surface area contributed by atoms with Crippen LogP contribution in [0.15, 0.2) is 18.2 Å². The van der Waals surface area contributed by atoms with Crippen LogP contribution in [0.25, 0.3) is 0 Å². The fraction of sp³-hybridized carbons (Fsp3) is 0.417. The molecular weight excluding hydrogens is 247 g/mol. The number of Topliss-reactive ketones (excluding diaryl/α,β-unsaturated/α-hetero) is 1. The molecule has 0 spiro atoms. The Kier molecular flexibility index (Phi) is 3.85. The van der Waals surface area contributed by atoms with Crippen molar-refractivity contribution in [2.45, 2.75) is 12.8 Å².